The van der Waals surface area contributed by atoms with Gasteiger partial charge in [0.15, 0.2) is 23.0 Å². The van der Waals surface area contributed by atoms with E-state index < -0.39 is 12.9 Å². The molecule has 0 radical (unpaired) electrons. The number of piperidine rings is 1. The summed E-state index contributed by atoms with van der Waals surface area (Å²) in [4.78, 5) is 24.8. The third kappa shape index (κ3) is 5.08. The molecule has 0 bridgehead atoms. The van der Waals surface area contributed by atoms with Crippen LogP contribution < -0.4 is 30.7 Å². The van der Waals surface area contributed by atoms with Crippen LogP contribution in [-0.4, -0.2) is 55.3 Å². The predicted octanol–water partition coefficient (Wildman–Crippen LogP) is 2.07. The number of para-hydroxylation sites is 1. The first-order chi connectivity index (χ1) is 16.7. The lowest BCUT2D eigenvalue weighted by atomic mass is 10.1. The molecule has 1 unspecified atom stereocenters. The lowest BCUT2D eigenvalue weighted by Crippen LogP contribution is -2.37. The van der Waals surface area contributed by atoms with Gasteiger partial charge in [-0.3, -0.25) is 9.59 Å². The number of hydrogen-bond acceptors (Lipinski definition) is 8. The Morgan fingerprint density at radius 3 is 2.81 bits per heavy atom. The Balaban J connectivity index is 1.64. The Morgan fingerprint density at radius 2 is 2.09 bits per heavy atom. The number of hydrogen-bond donors (Lipinski definition) is 4. The quantitative estimate of drug-likeness (QED) is 0.488. The Kier molecular flexibility index (Phi) is 5.58. The fourth-order valence-corrected chi connectivity index (χ4v) is 3.51. The van der Waals surface area contributed by atoms with Crippen molar-refractivity contribution in [2.45, 2.75) is 31.8 Å². The average molecular weight is 444 g/mol. The zero-order chi connectivity index (χ0) is 25.0. The van der Waals surface area contributed by atoms with E-state index in [1.807, 2.05) is 5.32 Å². The van der Waals surface area contributed by atoms with Gasteiger partial charge in [-0.2, -0.15) is 0 Å². The van der Waals surface area contributed by atoms with Gasteiger partial charge in [0.2, 0.25) is 5.91 Å². The SMILES string of the molecule is [2H]C([2H])([2H])NC(=O)c1nnc(NC(=O)C2CC2)cc1Nc1cccc(OC2CCCNC2)c1OC. The normalized spacial score (nSPS) is 19.7. The molecule has 1 atom stereocenters. The van der Waals surface area contributed by atoms with Gasteiger partial charge in [-0.25, -0.2) is 0 Å². The van der Waals surface area contributed by atoms with Gasteiger partial charge in [-0.15, -0.1) is 10.2 Å². The summed E-state index contributed by atoms with van der Waals surface area (Å²) in [6.45, 7) is -1.04. The van der Waals surface area contributed by atoms with Crippen molar-refractivity contribution in [3.8, 4) is 11.5 Å². The Labute approximate surface area is 190 Å². The topological polar surface area (TPSA) is 126 Å². The molecule has 1 aliphatic heterocycles. The number of rotatable bonds is 8. The van der Waals surface area contributed by atoms with Crippen molar-refractivity contribution in [1.29, 1.82) is 0 Å². The number of benzene rings is 1. The maximum atomic E-state index is 12.6. The highest BCUT2D eigenvalue weighted by Crippen LogP contribution is 2.38. The number of nitrogens with zero attached hydrogens (tertiary/aromatic N) is 2. The smallest absolute Gasteiger partial charge is 0.273 e. The van der Waals surface area contributed by atoms with Gasteiger partial charge in [-0.05, 0) is 44.4 Å². The van der Waals surface area contributed by atoms with Gasteiger partial charge in [0, 0.05) is 29.6 Å². The number of carbonyl (C=O) groups is 2. The minimum atomic E-state index is -2.71. The summed E-state index contributed by atoms with van der Waals surface area (Å²) < 4.78 is 33.8. The van der Waals surface area contributed by atoms with Crippen LogP contribution >= 0.6 is 0 Å². The summed E-state index contributed by atoms with van der Waals surface area (Å²) >= 11 is 0. The standard InChI is InChI=1S/C22H28N6O4/c1-23-22(30)19-16(11-18(27-28-19)26-21(29)13-8-9-13)25-15-6-3-7-17(20(15)31-2)32-14-5-4-10-24-12-14/h3,6-7,11,13-14,24H,4-5,8-10,12H2,1-2H3,(H,23,30)(H2,25,26,27,29)/i1D3. The van der Waals surface area contributed by atoms with E-state index in [1.165, 1.54) is 13.2 Å². The highest BCUT2D eigenvalue weighted by molar-refractivity contribution is 5.99. The fourth-order valence-electron chi connectivity index (χ4n) is 3.51. The van der Waals surface area contributed by atoms with E-state index in [1.54, 1.807) is 18.2 Å². The first kappa shape index (κ1) is 18.2. The molecule has 1 aliphatic carbocycles. The summed E-state index contributed by atoms with van der Waals surface area (Å²) in [5, 5.41) is 18.8. The second-order valence-electron chi connectivity index (χ2n) is 7.76. The van der Waals surface area contributed by atoms with Gasteiger partial charge in [0.25, 0.3) is 5.91 Å². The molecule has 2 amide bonds. The molecule has 1 aromatic carbocycles. The zero-order valence-electron chi connectivity index (χ0n) is 20.7. The molecule has 2 aromatic rings. The van der Waals surface area contributed by atoms with E-state index in [9.17, 15) is 9.59 Å². The minimum absolute atomic E-state index is 0.0136. The van der Waals surface area contributed by atoms with Crippen LogP contribution in [0.1, 0.15) is 40.3 Å². The molecule has 1 saturated carbocycles. The van der Waals surface area contributed by atoms with Crippen LogP contribution in [0.2, 0.25) is 0 Å². The molecule has 1 aromatic heterocycles. The number of methoxy groups -OCH3 is 1. The number of ether oxygens (including phenoxy) is 2. The summed E-state index contributed by atoms with van der Waals surface area (Å²) in [6, 6.07) is 6.70. The maximum absolute atomic E-state index is 12.6. The molecule has 4 N–H and O–H groups in total. The third-order valence-electron chi connectivity index (χ3n) is 5.32. The van der Waals surface area contributed by atoms with Crippen LogP contribution in [-0.2, 0) is 4.79 Å². The number of carbonyl (C=O) groups excluding carboxylic acids is 2. The van der Waals surface area contributed by atoms with Crippen LogP contribution in [0.3, 0.4) is 0 Å². The molecule has 10 heteroatoms. The number of amides is 2. The van der Waals surface area contributed by atoms with E-state index in [0.29, 0.717) is 17.2 Å². The summed E-state index contributed by atoms with van der Waals surface area (Å²) in [6.07, 6.45) is 3.52. The number of nitrogens with one attached hydrogen (secondary N) is 4. The van der Waals surface area contributed by atoms with Crippen LogP contribution in [0.15, 0.2) is 24.3 Å². The third-order valence-corrected chi connectivity index (χ3v) is 5.32. The van der Waals surface area contributed by atoms with E-state index in [2.05, 4.69) is 26.1 Å². The molecule has 32 heavy (non-hydrogen) atoms. The van der Waals surface area contributed by atoms with Crippen molar-refractivity contribution in [3.63, 3.8) is 0 Å². The first-order valence-corrected chi connectivity index (χ1v) is 10.6. The molecule has 10 nitrogen and oxygen atoms in total. The van der Waals surface area contributed by atoms with Crippen molar-refractivity contribution >= 4 is 29.0 Å². The molecular formula is C22H28N6O4. The van der Waals surface area contributed by atoms with Gasteiger partial charge >= 0.3 is 0 Å². The molecular weight excluding hydrogens is 412 g/mol. The average Bonchev–Trinajstić information content (AvgIpc) is 3.65. The van der Waals surface area contributed by atoms with Crippen LogP contribution in [0.4, 0.5) is 17.2 Å². The monoisotopic (exact) mass is 443 g/mol. The van der Waals surface area contributed by atoms with Crippen LogP contribution in [0.5, 0.6) is 11.5 Å². The zero-order valence-corrected chi connectivity index (χ0v) is 17.7. The van der Waals surface area contributed by atoms with E-state index in [-0.39, 0.29) is 35.1 Å². The predicted molar refractivity (Wildman–Crippen MR) is 120 cm³/mol. The Bertz CT molecular complexity index is 1090. The Morgan fingerprint density at radius 1 is 1.22 bits per heavy atom. The van der Waals surface area contributed by atoms with Gasteiger partial charge < -0.3 is 30.7 Å². The lowest BCUT2D eigenvalue weighted by Gasteiger charge is -2.25. The molecule has 2 heterocycles. The highest BCUT2D eigenvalue weighted by Gasteiger charge is 2.30. The van der Waals surface area contributed by atoms with Crippen molar-refractivity contribution in [3.05, 3.63) is 30.0 Å². The molecule has 1 saturated heterocycles. The Hall–Kier alpha value is -3.40. The van der Waals surface area contributed by atoms with Crippen molar-refractivity contribution in [2.75, 3.05) is 37.8 Å². The second kappa shape index (κ2) is 9.82. The van der Waals surface area contributed by atoms with Crippen molar-refractivity contribution in [2.24, 2.45) is 5.92 Å². The van der Waals surface area contributed by atoms with Crippen molar-refractivity contribution < 1.29 is 23.2 Å². The number of aromatic nitrogens is 2. The molecule has 0 spiro atoms. The largest absolute Gasteiger partial charge is 0.491 e. The van der Waals surface area contributed by atoms with Crippen LogP contribution in [0, 0.1) is 5.92 Å². The summed E-state index contributed by atoms with van der Waals surface area (Å²) in [5.74, 6) is -0.132. The summed E-state index contributed by atoms with van der Waals surface area (Å²) in [5.41, 5.74) is 0.349. The fraction of sp³-hybridized carbons (Fsp3) is 0.455. The van der Waals surface area contributed by atoms with Crippen LogP contribution in [0.25, 0.3) is 0 Å². The molecule has 2 fully saturated rings. The van der Waals surface area contributed by atoms with Gasteiger partial charge in [0.05, 0.1) is 18.5 Å². The number of anilines is 3. The molecule has 170 valence electrons. The van der Waals surface area contributed by atoms with Gasteiger partial charge in [0.1, 0.15) is 6.10 Å². The maximum Gasteiger partial charge on any atom is 0.273 e. The molecule has 2 aliphatic rings. The highest BCUT2D eigenvalue weighted by atomic mass is 16.5. The lowest BCUT2D eigenvalue weighted by molar-refractivity contribution is -0.117. The summed E-state index contributed by atoms with van der Waals surface area (Å²) in [7, 11) is 1.50. The minimum Gasteiger partial charge on any atom is -0.491 e. The van der Waals surface area contributed by atoms with Crippen molar-refractivity contribution in [1.82, 2.24) is 20.8 Å². The molecule has 4 rings (SSSR count). The van der Waals surface area contributed by atoms with E-state index in [4.69, 9.17) is 13.6 Å². The second-order valence-corrected chi connectivity index (χ2v) is 7.76. The first-order valence-electron chi connectivity index (χ1n) is 12.1. The van der Waals surface area contributed by atoms with E-state index in [0.717, 1.165) is 38.8 Å². The van der Waals surface area contributed by atoms with E-state index >= 15 is 0 Å². The van der Waals surface area contributed by atoms with Gasteiger partial charge in [-0.1, -0.05) is 6.07 Å².